The minimum atomic E-state index is -0.661. The number of carbonyl (C=O) groups excluding carboxylic acids is 1. The van der Waals surface area contributed by atoms with Crippen LogP contribution in [0.5, 0.6) is 0 Å². The van der Waals surface area contributed by atoms with Gasteiger partial charge in [0.2, 0.25) is 5.82 Å². The second-order valence-corrected chi connectivity index (χ2v) is 6.33. The minimum absolute atomic E-state index is 0.0787. The largest absolute Gasteiger partial charge is 0.383 e. The van der Waals surface area contributed by atoms with Gasteiger partial charge in [0.05, 0.1) is 12.7 Å². The molecule has 9 nitrogen and oxygen atoms in total. The second kappa shape index (κ2) is 6.75. The zero-order valence-electron chi connectivity index (χ0n) is 14.4. The van der Waals surface area contributed by atoms with E-state index < -0.39 is 12.0 Å². The summed E-state index contributed by atoms with van der Waals surface area (Å²) in [5.41, 5.74) is 0. The standard InChI is InChI=1S/C15H24N4O5/c1-5-9-10-11(24-15(2,3)23-10)14(22-9)19-8-17-12(18-19)13(20)16-6-7-21-4/h8-11,14H,5-7H2,1-4H3,(H,16,20)/t9-,10?,11+,14-/m1/s1. The molecule has 1 aromatic heterocycles. The topological polar surface area (TPSA) is 96.7 Å². The highest BCUT2D eigenvalue weighted by atomic mass is 16.8. The lowest BCUT2D eigenvalue weighted by atomic mass is 10.1. The molecular weight excluding hydrogens is 316 g/mol. The van der Waals surface area contributed by atoms with Crippen molar-refractivity contribution in [1.82, 2.24) is 20.1 Å². The predicted molar refractivity (Wildman–Crippen MR) is 82.3 cm³/mol. The fourth-order valence-corrected chi connectivity index (χ4v) is 3.05. The maximum absolute atomic E-state index is 12.0. The van der Waals surface area contributed by atoms with Gasteiger partial charge in [0, 0.05) is 13.7 Å². The Bertz CT molecular complexity index is 590. The van der Waals surface area contributed by atoms with Gasteiger partial charge in [-0.1, -0.05) is 6.92 Å². The lowest BCUT2D eigenvalue weighted by Gasteiger charge is -2.23. The van der Waals surface area contributed by atoms with Crippen molar-refractivity contribution in [1.29, 1.82) is 0 Å². The number of ether oxygens (including phenoxy) is 4. The zero-order chi connectivity index (χ0) is 17.3. The van der Waals surface area contributed by atoms with Crippen molar-refractivity contribution in [3.05, 3.63) is 12.2 Å². The molecule has 2 fully saturated rings. The molecule has 1 amide bonds. The van der Waals surface area contributed by atoms with Crippen molar-refractivity contribution in [3.63, 3.8) is 0 Å². The van der Waals surface area contributed by atoms with Gasteiger partial charge in [-0.15, -0.1) is 5.10 Å². The SMILES string of the molecule is CC[C@H]1O[C@@H](n2cnc(C(=O)NCCOC)n2)[C@H]2OC(C)(C)OC12. The number of amides is 1. The number of rotatable bonds is 6. The van der Waals surface area contributed by atoms with Crippen LogP contribution in [-0.2, 0) is 18.9 Å². The molecular formula is C15H24N4O5. The quantitative estimate of drug-likeness (QED) is 0.752. The average Bonchev–Trinajstić information content (AvgIpc) is 3.20. The summed E-state index contributed by atoms with van der Waals surface area (Å²) in [4.78, 5) is 16.1. The summed E-state index contributed by atoms with van der Waals surface area (Å²) in [5.74, 6) is -0.924. The molecule has 1 unspecified atom stereocenters. The van der Waals surface area contributed by atoms with Gasteiger partial charge in [0.15, 0.2) is 12.0 Å². The highest BCUT2D eigenvalue weighted by molar-refractivity contribution is 5.90. The van der Waals surface area contributed by atoms with Gasteiger partial charge >= 0.3 is 0 Å². The number of nitrogens with zero attached hydrogens (tertiary/aromatic N) is 3. The van der Waals surface area contributed by atoms with Crippen LogP contribution in [0.25, 0.3) is 0 Å². The molecule has 3 heterocycles. The molecule has 0 aromatic carbocycles. The molecule has 1 aromatic rings. The summed E-state index contributed by atoms with van der Waals surface area (Å²) in [6.45, 7) is 6.63. The van der Waals surface area contributed by atoms with E-state index in [1.165, 1.54) is 11.0 Å². The Morgan fingerprint density at radius 2 is 2.17 bits per heavy atom. The van der Waals surface area contributed by atoms with Crippen LogP contribution < -0.4 is 5.32 Å². The highest BCUT2D eigenvalue weighted by Crippen LogP contribution is 2.43. The van der Waals surface area contributed by atoms with Crippen molar-refractivity contribution in [2.24, 2.45) is 0 Å². The molecule has 3 rings (SSSR count). The number of hydrogen-bond donors (Lipinski definition) is 1. The number of aromatic nitrogens is 3. The van der Waals surface area contributed by atoms with Crippen LogP contribution >= 0.6 is 0 Å². The Labute approximate surface area is 140 Å². The van der Waals surface area contributed by atoms with Crippen molar-refractivity contribution >= 4 is 5.91 Å². The van der Waals surface area contributed by atoms with Crippen LogP contribution in [0.2, 0.25) is 0 Å². The van der Waals surface area contributed by atoms with Crippen LogP contribution in [-0.4, -0.2) is 65.0 Å². The summed E-state index contributed by atoms with van der Waals surface area (Å²) in [6.07, 6.45) is 1.31. The van der Waals surface area contributed by atoms with Crippen LogP contribution in [0, 0.1) is 0 Å². The molecule has 0 bridgehead atoms. The van der Waals surface area contributed by atoms with Crippen LogP contribution in [0.4, 0.5) is 0 Å². The van der Waals surface area contributed by atoms with Crippen molar-refractivity contribution in [2.75, 3.05) is 20.3 Å². The van der Waals surface area contributed by atoms with E-state index >= 15 is 0 Å². The molecule has 2 aliphatic heterocycles. The Morgan fingerprint density at radius 1 is 1.42 bits per heavy atom. The summed E-state index contributed by atoms with van der Waals surface area (Å²) in [7, 11) is 1.57. The normalized spacial score (nSPS) is 31.2. The fourth-order valence-electron chi connectivity index (χ4n) is 3.05. The van der Waals surface area contributed by atoms with Gasteiger partial charge in [-0.05, 0) is 20.3 Å². The molecule has 1 N–H and O–H groups in total. The van der Waals surface area contributed by atoms with Gasteiger partial charge in [-0.25, -0.2) is 9.67 Å². The van der Waals surface area contributed by atoms with Crippen LogP contribution in [0.1, 0.15) is 44.0 Å². The van der Waals surface area contributed by atoms with E-state index in [1.54, 1.807) is 7.11 Å². The molecule has 2 saturated heterocycles. The first kappa shape index (κ1) is 17.3. The first-order valence-electron chi connectivity index (χ1n) is 8.14. The van der Waals surface area contributed by atoms with Crippen LogP contribution in [0.15, 0.2) is 6.33 Å². The third-order valence-corrected chi connectivity index (χ3v) is 4.09. The van der Waals surface area contributed by atoms with Gasteiger partial charge in [0.1, 0.15) is 18.5 Å². The molecule has 0 aliphatic carbocycles. The van der Waals surface area contributed by atoms with Gasteiger partial charge in [0.25, 0.3) is 5.91 Å². The molecule has 0 spiro atoms. The molecule has 4 atom stereocenters. The molecule has 2 aliphatic rings. The third-order valence-electron chi connectivity index (χ3n) is 4.09. The number of nitrogens with one attached hydrogen (secondary N) is 1. The van der Waals surface area contributed by atoms with Crippen molar-refractivity contribution < 1.29 is 23.7 Å². The second-order valence-electron chi connectivity index (χ2n) is 6.33. The maximum Gasteiger partial charge on any atom is 0.291 e. The Morgan fingerprint density at radius 3 is 2.88 bits per heavy atom. The maximum atomic E-state index is 12.0. The molecule has 9 heteroatoms. The fraction of sp³-hybridized carbons (Fsp3) is 0.800. The average molecular weight is 340 g/mol. The van der Waals surface area contributed by atoms with E-state index in [1.807, 2.05) is 20.8 Å². The van der Waals surface area contributed by atoms with E-state index in [2.05, 4.69) is 15.4 Å². The van der Waals surface area contributed by atoms with E-state index in [0.717, 1.165) is 6.42 Å². The first-order chi connectivity index (χ1) is 11.4. The van der Waals surface area contributed by atoms with E-state index in [4.69, 9.17) is 18.9 Å². The smallest absolute Gasteiger partial charge is 0.291 e. The van der Waals surface area contributed by atoms with Gasteiger partial charge in [-0.3, -0.25) is 4.79 Å². The van der Waals surface area contributed by atoms with Gasteiger partial charge < -0.3 is 24.3 Å². The molecule has 24 heavy (non-hydrogen) atoms. The van der Waals surface area contributed by atoms with Crippen LogP contribution in [0.3, 0.4) is 0 Å². The van der Waals surface area contributed by atoms with E-state index in [0.29, 0.717) is 13.2 Å². The number of fused-ring (bicyclic) bond motifs is 1. The monoisotopic (exact) mass is 340 g/mol. The predicted octanol–water partition coefficient (Wildman–Crippen LogP) is 0.482. The molecule has 0 radical (unpaired) electrons. The Hall–Kier alpha value is -1.55. The summed E-state index contributed by atoms with van der Waals surface area (Å²) in [5, 5.41) is 6.92. The van der Waals surface area contributed by atoms with Crippen molar-refractivity contribution in [2.45, 2.75) is 57.5 Å². The minimum Gasteiger partial charge on any atom is -0.383 e. The Kier molecular flexibility index (Phi) is 4.86. The number of carbonyl (C=O) groups is 1. The van der Waals surface area contributed by atoms with Gasteiger partial charge in [-0.2, -0.15) is 0 Å². The molecule has 134 valence electrons. The summed E-state index contributed by atoms with van der Waals surface area (Å²) >= 11 is 0. The number of hydrogen-bond acceptors (Lipinski definition) is 7. The zero-order valence-corrected chi connectivity index (χ0v) is 14.4. The van der Waals surface area contributed by atoms with E-state index in [9.17, 15) is 4.79 Å². The lowest BCUT2D eigenvalue weighted by Crippen LogP contribution is -2.30. The summed E-state index contributed by atoms with van der Waals surface area (Å²) < 4.78 is 24.3. The first-order valence-corrected chi connectivity index (χ1v) is 8.14. The van der Waals surface area contributed by atoms with E-state index in [-0.39, 0.29) is 30.0 Å². The lowest BCUT2D eigenvalue weighted by molar-refractivity contribution is -0.198. The third kappa shape index (κ3) is 3.30. The summed E-state index contributed by atoms with van der Waals surface area (Å²) in [6, 6.07) is 0. The Balaban J connectivity index is 1.71. The number of methoxy groups -OCH3 is 1. The van der Waals surface area contributed by atoms with Crippen molar-refractivity contribution in [3.8, 4) is 0 Å². The highest BCUT2D eigenvalue weighted by Gasteiger charge is 2.55. The molecule has 0 saturated carbocycles.